The lowest BCUT2D eigenvalue weighted by molar-refractivity contribution is -0.0586. The van der Waals surface area contributed by atoms with Crippen LogP contribution in [0.15, 0.2) is 48.5 Å². The number of nitrogens with zero attached hydrogens (tertiary/aromatic N) is 1. The first-order valence-electron chi connectivity index (χ1n) is 9.11. The second-order valence-corrected chi connectivity index (χ2v) is 6.90. The maximum absolute atomic E-state index is 12.7. The zero-order valence-electron chi connectivity index (χ0n) is 15.6. The van der Waals surface area contributed by atoms with Gasteiger partial charge in [-0.25, -0.2) is 0 Å². The van der Waals surface area contributed by atoms with Crippen molar-refractivity contribution in [1.29, 1.82) is 0 Å². The van der Waals surface area contributed by atoms with Crippen molar-refractivity contribution in [3.63, 3.8) is 0 Å². The first kappa shape index (κ1) is 19.1. The number of morpholine rings is 1. The Hall–Kier alpha value is -2.70. The Labute approximate surface area is 159 Å². The first-order chi connectivity index (χ1) is 13.0. The zero-order valence-corrected chi connectivity index (χ0v) is 15.6. The van der Waals surface area contributed by atoms with Crippen LogP contribution in [0, 0.1) is 0 Å². The Morgan fingerprint density at radius 2 is 1.56 bits per heavy atom. The maximum atomic E-state index is 12.7. The van der Waals surface area contributed by atoms with Crippen molar-refractivity contribution in [3.05, 3.63) is 65.2 Å². The summed E-state index contributed by atoms with van der Waals surface area (Å²) in [4.78, 5) is 26.8. The van der Waals surface area contributed by atoms with E-state index < -0.39 is 0 Å². The highest BCUT2D eigenvalue weighted by Gasteiger charge is 2.26. The maximum Gasteiger partial charge on any atom is 0.255 e. The number of hydrogen-bond donors (Lipinski definition) is 2. The van der Waals surface area contributed by atoms with Crippen molar-refractivity contribution in [2.75, 3.05) is 18.4 Å². The van der Waals surface area contributed by atoms with Gasteiger partial charge in [0.05, 0.1) is 12.2 Å². The highest BCUT2D eigenvalue weighted by atomic mass is 16.5. The molecule has 1 fully saturated rings. The first-order valence-corrected chi connectivity index (χ1v) is 9.11. The number of rotatable bonds is 4. The quantitative estimate of drug-likeness (QED) is 0.870. The number of nitrogens with two attached hydrogens (primary N) is 1. The van der Waals surface area contributed by atoms with Gasteiger partial charge >= 0.3 is 0 Å². The van der Waals surface area contributed by atoms with Crippen LogP contribution in [0.5, 0.6) is 0 Å². The van der Waals surface area contributed by atoms with E-state index in [1.54, 1.807) is 36.4 Å². The van der Waals surface area contributed by atoms with Gasteiger partial charge < -0.3 is 20.7 Å². The van der Waals surface area contributed by atoms with E-state index in [1.807, 2.05) is 30.9 Å². The number of carbonyl (C=O) groups is 2. The number of benzene rings is 2. The van der Waals surface area contributed by atoms with Gasteiger partial charge in [-0.05, 0) is 55.8 Å². The molecule has 142 valence electrons. The van der Waals surface area contributed by atoms with Gasteiger partial charge in [-0.1, -0.05) is 12.1 Å². The molecule has 1 saturated heterocycles. The van der Waals surface area contributed by atoms with Gasteiger partial charge in [-0.3, -0.25) is 9.59 Å². The smallest absolute Gasteiger partial charge is 0.255 e. The van der Waals surface area contributed by atoms with Crippen LogP contribution in [0.3, 0.4) is 0 Å². The van der Waals surface area contributed by atoms with Crippen LogP contribution in [-0.2, 0) is 11.3 Å². The topological polar surface area (TPSA) is 84.7 Å². The molecule has 0 spiro atoms. The van der Waals surface area contributed by atoms with Crippen LogP contribution in [0.1, 0.15) is 40.1 Å². The molecule has 3 rings (SSSR count). The molecule has 1 heterocycles. The van der Waals surface area contributed by atoms with Gasteiger partial charge in [0.15, 0.2) is 0 Å². The molecule has 2 unspecified atom stereocenters. The Kier molecular flexibility index (Phi) is 5.88. The monoisotopic (exact) mass is 367 g/mol. The predicted octanol–water partition coefficient (Wildman–Crippen LogP) is 2.65. The standard InChI is InChI=1S/C21H25N3O3/c1-14-12-24(13-15(2)27-14)21(26)18-7-9-19(10-8-18)23-20(25)17-5-3-16(11-22)4-6-17/h3-10,14-15H,11-13,22H2,1-2H3,(H,23,25). The Bertz CT molecular complexity index is 792. The highest BCUT2D eigenvalue weighted by Crippen LogP contribution is 2.17. The van der Waals surface area contributed by atoms with Gasteiger partial charge in [0.1, 0.15) is 0 Å². The molecule has 1 aliphatic heterocycles. The molecule has 27 heavy (non-hydrogen) atoms. The average molecular weight is 367 g/mol. The highest BCUT2D eigenvalue weighted by molar-refractivity contribution is 6.04. The molecule has 0 saturated carbocycles. The van der Waals surface area contributed by atoms with E-state index in [4.69, 9.17) is 10.5 Å². The van der Waals surface area contributed by atoms with Gasteiger partial charge in [-0.2, -0.15) is 0 Å². The zero-order chi connectivity index (χ0) is 19.4. The molecule has 2 atom stereocenters. The lowest BCUT2D eigenvalue weighted by Crippen LogP contribution is -2.48. The summed E-state index contributed by atoms with van der Waals surface area (Å²) in [5, 5.41) is 2.84. The van der Waals surface area contributed by atoms with E-state index in [1.165, 1.54) is 0 Å². The van der Waals surface area contributed by atoms with Crippen LogP contribution in [0.4, 0.5) is 5.69 Å². The number of amides is 2. The fourth-order valence-electron chi connectivity index (χ4n) is 3.22. The average Bonchev–Trinajstić information content (AvgIpc) is 2.67. The summed E-state index contributed by atoms with van der Waals surface area (Å²) in [6.45, 7) is 5.54. The van der Waals surface area contributed by atoms with Crippen molar-refractivity contribution in [1.82, 2.24) is 4.90 Å². The van der Waals surface area contributed by atoms with E-state index in [9.17, 15) is 9.59 Å². The molecule has 0 radical (unpaired) electrons. The molecule has 1 aliphatic rings. The van der Waals surface area contributed by atoms with E-state index in [2.05, 4.69) is 5.32 Å². The summed E-state index contributed by atoms with van der Waals surface area (Å²) in [5.41, 5.74) is 8.34. The second-order valence-electron chi connectivity index (χ2n) is 6.90. The molecule has 3 N–H and O–H groups in total. The van der Waals surface area contributed by atoms with Gasteiger partial charge in [0.25, 0.3) is 11.8 Å². The molecule has 6 nitrogen and oxygen atoms in total. The summed E-state index contributed by atoms with van der Waals surface area (Å²) >= 11 is 0. The van der Waals surface area contributed by atoms with E-state index in [0.29, 0.717) is 36.4 Å². The fraction of sp³-hybridized carbons (Fsp3) is 0.333. The molecular formula is C21H25N3O3. The third-order valence-electron chi connectivity index (χ3n) is 4.55. The van der Waals surface area contributed by atoms with Crippen molar-refractivity contribution in [2.24, 2.45) is 5.73 Å². The van der Waals surface area contributed by atoms with Gasteiger partial charge in [0, 0.05) is 36.4 Å². The number of nitrogens with one attached hydrogen (secondary N) is 1. The van der Waals surface area contributed by atoms with E-state index in [-0.39, 0.29) is 24.0 Å². The van der Waals surface area contributed by atoms with Crippen molar-refractivity contribution in [3.8, 4) is 0 Å². The number of carbonyl (C=O) groups excluding carboxylic acids is 2. The van der Waals surface area contributed by atoms with Crippen LogP contribution < -0.4 is 11.1 Å². The number of anilines is 1. The molecule has 6 heteroatoms. The molecule has 2 aromatic carbocycles. The van der Waals surface area contributed by atoms with Gasteiger partial charge in [-0.15, -0.1) is 0 Å². The molecule has 0 aliphatic carbocycles. The van der Waals surface area contributed by atoms with Crippen molar-refractivity contribution >= 4 is 17.5 Å². The second kappa shape index (κ2) is 8.33. The Morgan fingerprint density at radius 3 is 2.11 bits per heavy atom. The summed E-state index contributed by atoms with van der Waals surface area (Å²) in [6, 6.07) is 14.1. The largest absolute Gasteiger partial charge is 0.372 e. The summed E-state index contributed by atoms with van der Waals surface area (Å²) in [5.74, 6) is -0.222. The Morgan fingerprint density at radius 1 is 1.00 bits per heavy atom. The lowest BCUT2D eigenvalue weighted by Gasteiger charge is -2.35. The number of hydrogen-bond acceptors (Lipinski definition) is 4. The minimum Gasteiger partial charge on any atom is -0.372 e. The Balaban J connectivity index is 1.64. The molecule has 2 aromatic rings. The van der Waals surface area contributed by atoms with Crippen LogP contribution in [-0.4, -0.2) is 42.0 Å². The van der Waals surface area contributed by atoms with E-state index >= 15 is 0 Å². The van der Waals surface area contributed by atoms with E-state index in [0.717, 1.165) is 5.56 Å². The summed E-state index contributed by atoms with van der Waals surface area (Å²) in [7, 11) is 0. The summed E-state index contributed by atoms with van der Waals surface area (Å²) in [6.07, 6.45) is 0.0591. The molecule has 2 amide bonds. The third-order valence-corrected chi connectivity index (χ3v) is 4.55. The normalized spacial score (nSPS) is 19.6. The third kappa shape index (κ3) is 4.72. The minimum atomic E-state index is -0.200. The molecule has 0 aromatic heterocycles. The molecule has 0 bridgehead atoms. The van der Waals surface area contributed by atoms with Crippen LogP contribution >= 0.6 is 0 Å². The van der Waals surface area contributed by atoms with Crippen LogP contribution in [0.25, 0.3) is 0 Å². The van der Waals surface area contributed by atoms with Crippen LogP contribution in [0.2, 0.25) is 0 Å². The van der Waals surface area contributed by atoms with Gasteiger partial charge in [0.2, 0.25) is 0 Å². The lowest BCUT2D eigenvalue weighted by atomic mass is 10.1. The SMILES string of the molecule is CC1CN(C(=O)c2ccc(NC(=O)c3ccc(CN)cc3)cc2)CC(C)O1. The fourth-order valence-corrected chi connectivity index (χ4v) is 3.22. The number of ether oxygens (including phenoxy) is 1. The minimum absolute atomic E-state index is 0.0211. The summed E-state index contributed by atoms with van der Waals surface area (Å²) < 4.78 is 5.67. The van der Waals surface area contributed by atoms with Crippen molar-refractivity contribution in [2.45, 2.75) is 32.6 Å². The molecular weight excluding hydrogens is 342 g/mol. The van der Waals surface area contributed by atoms with Crippen molar-refractivity contribution < 1.29 is 14.3 Å². The predicted molar refractivity (Wildman–Crippen MR) is 105 cm³/mol.